The van der Waals surface area contributed by atoms with E-state index in [1.54, 1.807) is 0 Å². The molecule has 0 atom stereocenters. The molecule has 0 aromatic rings. The Balaban J connectivity index is 1.53. The van der Waals surface area contributed by atoms with Crippen LogP contribution in [0.1, 0.15) is 44.9 Å². The fourth-order valence-corrected chi connectivity index (χ4v) is 2.32. The Morgan fingerprint density at radius 1 is 1.29 bits per heavy atom. The zero-order valence-electron chi connectivity index (χ0n) is 10.9. The van der Waals surface area contributed by atoms with E-state index in [-0.39, 0.29) is 0 Å². The lowest BCUT2D eigenvalue weighted by Crippen LogP contribution is -2.35. The SMILES string of the molecule is CN(C(N)=NCCCOC1CCCC1)C1CC1. The average Bonchev–Trinajstić information content (AvgIpc) is 3.05. The lowest BCUT2D eigenvalue weighted by molar-refractivity contribution is 0.0579. The van der Waals surface area contributed by atoms with Gasteiger partial charge in [0.2, 0.25) is 0 Å². The number of aliphatic imine (C=N–C) groups is 1. The molecule has 2 fully saturated rings. The highest BCUT2D eigenvalue weighted by Gasteiger charge is 2.27. The number of hydrogen-bond acceptors (Lipinski definition) is 2. The number of ether oxygens (including phenoxy) is 1. The first kappa shape index (κ1) is 12.7. The molecule has 2 aliphatic carbocycles. The van der Waals surface area contributed by atoms with Crippen molar-refractivity contribution in [2.45, 2.75) is 57.1 Å². The molecule has 0 aliphatic heterocycles. The van der Waals surface area contributed by atoms with Crippen molar-refractivity contribution in [3.63, 3.8) is 0 Å². The third-order valence-corrected chi connectivity index (χ3v) is 3.69. The molecule has 0 spiro atoms. The van der Waals surface area contributed by atoms with Crippen LogP contribution in [0.5, 0.6) is 0 Å². The first-order valence-corrected chi connectivity index (χ1v) is 6.91. The smallest absolute Gasteiger partial charge is 0.191 e. The number of hydrogen-bond donors (Lipinski definition) is 1. The van der Waals surface area contributed by atoms with Gasteiger partial charge in [0, 0.05) is 26.2 Å². The van der Waals surface area contributed by atoms with Crippen LogP contribution in [0.2, 0.25) is 0 Å². The van der Waals surface area contributed by atoms with E-state index in [1.807, 2.05) is 7.05 Å². The zero-order valence-corrected chi connectivity index (χ0v) is 10.9. The second-order valence-electron chi connectivity index (χ2n) is 5.21. The minimum Gasteiger partial charge on any atom is -0.378 e. The highest BCUT2D eigenvalue weighted by molar-refractivity contribution is 5.78. The Labute approximate surface area is 104 Å². The molecule has 2 N–H and O–H groups in total. The fraction of sp³-hybridized carbons (Fsp3) is 0.923. The van der Waals surface area contributed by atoms with Crippen LogP contribution >= 0.6 is 0 Å². The van der Waals surface area contributed by atoms with Crippen molar-refractivity contribution in [3.05, 3.63) is 0 Å². The summed E-state index contributed by atoms with van der Waals surface area (Å²) in [5, 5.41) is 0. The second kappa shape index (κ2) is 6.24. The van der Waals surface area contributed by atoms with Gasteiger partial charge >= 0.3 is 0 Å². The first-order chi connectivity index (χ1) is 8.27. The number of nitrogens with zero attached hydrogens (tertiary/aromatic N) is 2. The number of rotatable bonds is 6. The van der Waals surface area contributed by atoms with Gasteiger partial charge in [-0.3, -0.25) is 4.99 Å². The molecule has 4 heteroatoms. The third kappa shape index (κ3) is 4.19. The Morgan fingerprint density at radius 2 is 2.00 bits per heavy atom. The van der Waals surface area contributed by atoms with Crippen molar-refractivity contribution in [1.82, 2.24) is 4.90 Å². The maximum atomic E-state index is 5.90. The van der Waals surface area contributed by atoms with Crippen LogP contribution in [-0.2, 0) is 4.74 Å². The molecule has 98 valence electrons. The van der Waals surface area contributed by atoms with Gasteiger partial charge in [-0.1, -0.05) is 12.8 Å². The quantitative estimate of drug-likeness (QED) is 0.436. The van der Waals surface area contributed by atoms with Crippen molar-refractivity contribution in [2.24, 2.45) is 10.7 Å². The number of nitrogens with two attached hydrogens (primary N) is 1. The minimum absolute atomic E-state index is 0.519. The predicted molar refractivity (Wildman–Crippen MR) is 70.1 cm³/mol. The predicted octanol–water partition coefficient (Wildman–Crippen LogP) is 1.74. The van der Waals surface area contributed by atoms with Gasteiger partial charge in [0.05, 0.1) is 6.10 Å². The Hall–Kier alpha value is -0.770. The topological polar surface area (TPSA) is 50.8 Å². The van der Waals surface area contributed by atoms with E-state index in [0.29, 0.717) is 18.1 Å². The van der Waals surface area contributed by atoms with Gasteiger partial charge in [-0.2, -0.15) is 0 Å². The van der Waals surface area contributed by atoms with E-state index in [1.165, 1.54) is 38.5 Å². The van der Waals surface area contributed by atoms with Gasteiger partial charge in [-0.05, 0) is 32.1 Å². The highest BCUT2D eigenvalue weighted by Crippen LogP contribution is 2.24. The zero-order chi connectivity index (χ0) is 12.1. The fourth-order valence-electron chi connectivity index (χ4n) is 2.32. The normalized spacial score (nSPS) is 22.1. The lowest BCUT2D eigenvalue weighted by atomic mass is 10.3. The molecule has 0 bridgehead atoms. The number of guanidine groups is 1. The maximum Gasteiger partial charge on any atom is 0.191 e. The molecule has 2 aliphatic rings. The molecule has 0 radical (unpaired) electrons. The lowest BCUT2D eigenvalue weighted by Gasteiger charge is -2.16. The van der Waals surface area contributed by atoms with Gasteiger partial charge in [0.15, 0.2) is 5.96 Å². The largest absolute Gasteiger partial charge is 0.378 e. The van der Waals surface area contributed by atoms with Crippen LogP contribution in [0.25, 0.3) is 0 Å². The molecule has 2 rings (SSSR count). The van der Waals surface area contributed by atoms with Gasteiger partial charge in [0.1, 0.15) is 0 Å². The van der Waals surface area contributed by atoms with Crippen LogP contribution in [0.3, 0.4) is 0 Å². The van der Waals surface area contributed by atoms with Gasteiger partial charge in [0.25, 0.3) is 0 Å². The van der Waals surface area contributed by atoms with Crippen LogP contribution in [0.15, 0.2) is 4.99 Å². The molecular weight excluding hydrogens is 214 g/mol. The second-order valence-corrected chi connectivity index (χ2v) is 5.21. The summed E-state index contributed by atoms with van der Waals surface area (Å²) < 4.78 is 5.78. The van der Waals surface area contributed by atoms with E-state index in [2.05, 4.69) is 9.89 Å². The molecule has 2 saturated carbocycles. The van der Waals surface area contributed by atoms with Crippen LogP contribution in [0.4, 0.5) is 0 Å². The van der Waals surface area contributed by atoms with E-state index in [9.17, 15) is 0 Å². The van der Waals surface area contributed by atoms with Gasteiger partial charge < -0.3 is 15.4 Å². The van der Waals surface area contributed by atoms with Crippen molar-refractivity contribution in [1.29, 1.82) is 0 Å². The molecule has 0 amide bonds. The molecule has 0 aromatic carbocycles. The maximum absolute atomic E-state index is 5.90. The summed E-state index contributed by atoms with van der Waals surface area (Å²) in [6.45, 7) is 1.62. The van der Waals surface area contributed by atoms with E-state index in [0.717, 1.165) is 19.6 Å². The Morgan fingerprint density at radius 3 is 2.65 bits per heavy atom. The van der Waals surface area contributed by atoms with Crippen molar-refractivity contribution < 1.29 is 4.74 Å². The van der Waals surface area contributed by atoms with Crippen molar-refractivity contribution >= 4 is 5.96 Å². The molecule has 0 aromatic heterocycles. The Kier molecular flexibility index (Phi) is 4.66. The summed E-state index contributed by atoms with van der Waals surface area (Å²) in [6, 6.07) is 0.647. The summed E-state index contributed by atoms with van der Waals surface area (Å²) in [5.74, 6) is 0.688. The van der Waals surface area contributed by atoms with Gasteiger partial charge in [-0.25, -0.2) is 0 Å². The molecule has 0 unspecified atom stereocenters. The summed E-state index contributed by atoms with van der Waals surface area (Å²) in [5.41, 5.74) is 5.90. The van der Waals surface area contributed by atoms with E-state index >= 15 is 0 Å². The van der Waals surface area contributed by atoms with E-state index in [4.69, 9.17) is 10.5 Å². The minimum atomic E-state index is 0.519. The highest BCUT2D eigenvalue weighted by atomic mass is 16.5. The van der Waals surface area contributed by atoms with Crippen molar-refractivity contribution in [3.8, 4) is 0 Å². The molecule has 17 heavy (non-hydrogen) atoms. The molecular formula is C13H25N3O. The van der Waals surface area contributed by atoms with Crippen LogP contribution < -0.4 is 5.73 Å². The monoisotopic (exact) mass is 239 g/mol. The Bertz CT molecular complexity index is 257. The summed E-state index contributed by atoms with van der Waals surface area (Å²) in [4.78, 5) is 6.48. The van der Waals surface area contributed by atoms with E-state index < -0.39 is 0 Å². The molecule has 0 heterocycles. The molecule has 4 nitrogen and oxygen atoms in total. The van der Waals surface area contributed by atoms with Gasteiger partial charge in [-0.15, -0.1) is 0 Å². The van der Waals surface area contributed by atoms with Crippen LogP contribution in [0, 0.1) is 0 Å². The third-order valence-electron chi connectivity index (χ3n) is 3.69. The molecule has 0 saturated heterocycles. The first-order valence-electron chi connectivity index (χ1n) is 6.91. The van der Waals surface area contributed by atoms with Crippen molar-refractivity contribution in [2.75, 3.05) is 20.2 Å². The summed E-state index contributed by atoms with van der Waals surface area (Å²) in [7, 11) is 2.03. The average molecular weight is 239 g/mol. The van der Waals surface area contributed by atoms with Crippen LogP contribution in [-0.4, -0.2) is 43.2 Å². The summed E-state index contributed by atoms with van der Waals surface area (Å²) in [6.07, 6.45) is 9.19. The standard InChI is InChI=1S/C13H25N3O/c1-16(11-7-8-11)13(14)15-9-4-10-17-12-5-2-3-6-12/h11-12H,2-10H2,1H3,(H2,14,15). The summed E-state index contributed by atoms with van der Waals surface area (Å²) >= 11 is 0.